The van der Waals surface area contributed by atoms with Crippen LogP contribution in [0.25, 0.3) is 0 Å². The second-order valence-corrected chi connectivity index (χ2v) is 3.29. The standard InChI is InChI=1S/C11H16N2O2/c1-3-15-13-11(14)10(12)9-6-4-8(2)5-7-9/h4-7,10H,3,12H2,1-2H3,(H,13,14). The third kappa shape index (κ3) is 3.34. The largest absolute Gasteiger partial charge is 0.316 e. The summed E-state index contributed by atoms with van der Waals surface area (Å²) in [5, 5.41) is 0. The molecular weight excluding hydrogens is 192 g/mol. The van der Waals surface area contributed by atoms with Crippen molar-refractivity contribution >= 4 is 5.91 Å². The molecule has 0 aliphatic carbocycles. The molecule has 1 aromatic carbocycles. The number of hydrogen-bond acceptors (Lipinski definition) is 3. The Morgan fingerprint density at radius 2 is 2.07 bits per heavy atom. The van der Waals surface area contributed by atoms with Crippen LogP contribution in [0.15, 0.2) is 24.3 Å². The summed E-state index contributed by atoms with van der Waals surface area (Å²) in [6, 6.07) is 6.83. The van der Waals surface area contributed by atoms with Crippen molar-refractivity contribution in [1.82, 2.24) is 5.48 Å². The fraction of sp³-hybridized carbons (Fsp3) is 0.364. The number of hydroxylamine groups is 1. The minimum atomic E-state index is -0.683. The quantitative estimate of drug-likeness (QED) is 0.727. The van der Waals surface area contributed by atoms with Gasteiger partial charge >= 0.3 is 0 Å². The first-order valence-corrected chi connectivity index (χ1v) is 4.89. The van der Waals surface area contributed by atoms with Gasteiger partial charge in [-0.25, -0.2) is 5.48 Å². The number of rotatable bonds is 4. The van der Waals surface area contributed by atoms with Crippen molar-refractivity contribution in [3.63, 3.8) is 0 Å². The van der Waals surface area contributed by atoms with E-state index < -0.39 is 6.04 Å². The summed E-state index contributed by atoms with van der Waals surface area (Å²) in [6.07, 6.45) is 0. The topological polar surface area (TPSA) is 64.3 Å². The zero-order valence-corrected chi connectivity index (χ0v) is 8.99. The van der Waals surface area contributed by atoms with E-state index in [9.17, 15) is 4.79 Å². The SMILES string of the molecule is CCONC(=O)C(N)c1ccc(C)cc1. The van der Waals surface area contributed by atoms with Crippen molar-refractivity contribution in [2.75, 3.05) is 6.61 Å². The van der Waals surface area contributed by atoms with E-state index in [2.05, 4.69) is 5.48 Å². The van der Waals surface area contributed by atoms with Crippen LogP contribution in [0.4, 0.5) is 0 Å². The van der Waals surface area contributed by atoms with Gasteiger partial charge in [-0.1, -0.05) is 29.8 Å². The van der Waals surface area contributed by atoms with Crippen molar-refractivity contribution in [2.24, 2.45) is 5.73 Å². The minimum absolute atomic E-state index is 0.333. The Morgan fingerprint density at radius 3 is 2.60 bits per heavy atom. The van der Waals surface area contributed by atoms with E-state index in [1.165, 1.54) is 0 Å². The fourth-order valence-corrected chi connectivity index (χ4v) is 1.13. The number of hydrogen-bond donors (Lipinski definition) is 2. The first kappa shape index (κ1) is 11.7. The van der Waals surface area contributed by atoms with E-state index in [1.807, 2.05) is 31.2 Å². The Hall–Kier alpha value is -1.39. The van der Waals surface area contributed by atoms with Gasteiger partial charge in [0.05, 0.1) is 6.61 Å². The number of carbonyl (C=O) groups is 1. The molecule has 4 heteroatoms. The summed E-state index contributed by atoms with van der Waals surface area (Å²) in [6.45, 7) is 4.19. The molecule has 0 heterocycles. The molecule has 3 N–H and O–H groups in total. The molecule has 0 radical (unpaired) electrons. The van der Waals surface area contributed by atoms with Gasteiger partial charge in [-0.15, -0.1) is 0 Å². The first-order chi connectivity index (χ1) is 7.15. The number of nitrogens with one attached hydrogen (secondary N) is 1. The van der Waals surface area contributed by atoms with Crippen LogP contribution in [0.5, 0.6) is 0 Å². The molecule has 1 amide bonds. The molecule has 0 saturated carbocycles. The maximum Gasteiger partial charge on any atom is 0.265 e. The van der Waals surface area contributed by atoms with Crippen LogP contribution in [0.3, 0.4) is 0 Å². The number of carbonyl (C=O) groups excluding carboxylic acids is 1. The highest BCUT2D eigenvalue weighted by Crippen LogP contribution is 2.11. The smallest absolute Gasteiger partial charge is 0.265 e. The molecule has 1 unspecified atom stereocenters. The van der Waals surface area contributed by atoms with Crippen LogP contribution in [0.1, 0.15) is 24.1 Å². The lowest BCUT2D eigenvalue weighted by Crippen LogP contribution is -2.34. The zero-order chi connectivity index (χ0) is 11.3. The summed E-state index contributed by atoms with van der Waals surface area (Å²) < 4.78 is 0. The van der Waals surface area contributed by atoms with Crippen LogP contribution >= 0.6 is 0 Å². The van der Waals surface area contributed by atoms with E-state index in [4.69, 9.17) is 10.6 Å². The Morgan fingerprint density at radius 1 is 1.47 bits per heavy atom. The Balaban J connectivity index is 2.63. The highest BCUT2D eigenvalue weighted by molar-refractivity contribution is 5.81. The Labute approximate surface area is 89.4 Å². The molecule has 1 aromatic rings. The average molecular weight is 208 g/mol. The number of amides is 1. The summed E-state index contributed by atoms with van der Waals surface area (Å²) in [5.41, 5.74) is 9.93. The van der Waals surface area contributed by atoms with E-state index >= 15 is 0 Å². The second kappa shape index (κ2) is 5.48. The molecule has 4 nitrogen and oxygen atoms in total. The minimum Gasteiger partial charge on any atom is -0.316 e. The van der Waals surface area contributed by atoms with Crippen molar-refractivity contribution in [1.29, 1.82) is 0 Å². The van der Waals surface area contributed by atoms with E-state index in [-0.39, 0.29) is 5.91 Å². The van der Waals surface area contributed by atoms with Crippen molar-refractivity contribution in [2.45, 2.75) is 19.9 Å². The van der Waals surface area contributed by atoms with Gasteiger partial charge in [0.25, 0.3) is 5.91 Å². The molecule has 1 rings (SSSR count). The van der Waals surface area contributed by atoms with Crippen LogP contribution < -0.4 is 11.2 Å². The summed E-state index contributed by atoms with van der Waals surface area (Å²) >= 11 is 0. The van der Waals surface area contributed by atoms with Crippen molar-refractivity contribution in [3.05, 3.63) is 35.4 Å². The first-order valence-electron chi connectivity index (χ1n) is 4.89. The molecule has 0 aromatic heterocycles. The third-order valence-corrected chi connectivity index (χ3v) is 2.04. The molecule has 0 aliphatic rings. The number of aryl methyl sites for hydroxylation is 1. The average Bonchev–Trinajstić information content (AvgIpc) is 2.26. The summed E-state index contributed by atoms with van der Waals surface area (Å²) in [7, 11) is 0. The molecule has 0 spiro atoms. The maximum absolute atomic E-state index is 11.4. The Bertz CT molecular complexity index is 322. The molecule has 0 aliphatic heterocycles. The highest BCUT2D eigenvalue weighted by Gasteiger charge is 2.14. The molecule has 82 valence electrons. The molecule has 15 heavy (non-hydrogen) atoms. The van der Waals surface area contributed by atoms with Gasteiger partial charge in [-0.2, -0.15) is 0 Å². The van der Waals surface area contributed by atoms with E-state index in [1.54, 1.807) is 6.92 Å². The normalized spacial score (nSPS) is 12.2. The van der Waals surface area contributed by atoms with Crippen molar-refractivity contribution in [3.8, 4) is 0 Å². The number of benzene rings is 1. The van der Waals surface area contributed by atoms with Gasteiger partial charge in [0, 0.05) is 0 Å². The summed E-state index contributed by atoms with van der Waals surface area (Å²) in [5.74, 6) is -0.333. The monoisotopic (exact) mass is 208 g/mol. The predicted octanol–water partition coefficient (Wildman–Crippen LogP) is 1.06. The van der Waals surface area contributed by atoms with Crippen LogP contribution in [-0.4, -0.2) is 12.5 Å². The van der Waals surface area contributed by atoms with Crippen LogP contribution in [-0.2, 0) is 9.63 Å². The van der Waals surface area contributed by atoms with Crippen LogP contribution in [0.2, 0.25) is 0 Å². The van der Waals surface area contributed by atoms with Gasteiger partial charge < -0.3 is 5.73 Å². The molecule has 0 saturated heterocycles. The van der Waals surface area contributed by atoms with Gasteiger partial charge in [0.15, 0.2) is 0 Å². The lowest BCUT2D eigenvalue weighted by atomic mass is 10.1. The molecule has 0 fully saturated rings. The molecular formula is C11H16N2O2. The zero-order valence-electron chi connectivity index (χ0n) is 8.99. The lowest BCUT2D eigenvalue weighted by Gasteiger charge is -2.11. The van der Waals surface area contributed by atoms with E-state index in [0.717, 1.165) is 11.1 Å². The second-order valence-electron chi connectivity index (χ2n) is 3.29. The lowest BCUT2D eigenvalue weighted by molar-refractivity contribution is -0.134. The third-order valence-electron chi connectivity index (χ3n) is 2.04. The fourth-order valence-electron chi connectivity index (χ4n) is 1.13. The Kier molecular flexibility index (Phi) is 4.27. The summed E-state index contributed by atoms with van der Waals surface area (Å²) in [4.78, 5) is 16.2. The molecule has 1 atom stereocenters. The van der Waals surface area contributed by atoms with E-state index in [0.29, 0.717) is 6.61 Å². The van der Waals surface area contributed by atoms with Gasteiger partial charge in [0.1, 0.15) is 6.04 Å². The van der Waals surface area contributed by atoms with Gasteiger partial charge in [0.2, 0.25) is 0 Å². The highest BCUT2D eigenvalue weighted by atomic mass is 16.6. The maximum atomic E-state index is 11.4. The number of nitrogens with two attached hydrogens (primary N) is 1. The molecule has 0 bridgehead atoms. The predicted molar refractivity (Wildman–Crippen MR) is 57.9 cm³/mol. The van der Waals surface area contributed by atoms with Gasteiger partial charge in [-0.05, 0) is 19.4 Å². The van der Waals surface area contributed by atoms with Crippen LogP contribution in [0, 0.1) is 6.92 Å². The van der Waals surface area contributed by atoms with Gasteiger partial charge in [-0.3, -0.25) is 9.63 Å². The van der Waals surface area contributed by atoms with Crippen molar-refractivity contribution < 1.29 is 9.63 Å².